The highest BCUT2D eigenvalue weighted by Gasteiger charge is 2.11. The van der Waals surface area contributed by atoms with Gasteiger partial charge in [0.1, 0.15) is 0 Å². The Morgan fingerprint density at radius 2 is 2.00 bits per heavy atom. The summed E-state index contributed by atoms with van der Waals surface area (Å²) in [5.41, 5.74) is 0. The van der Waals surface area contributed by atoms with Crippen molar-refractivity contribution in [2.24, 2.45) is 0 Å². The van der Waals surface area contributed by atoms with Gasteiger partial charge in [0.05, 0.1) is 5.08 Å². The van der Waals surface area contributed by atoms with Gasteiger partial charge >= 0.3 is 0 Å². The summed E-state index contributed by atoms with van der Waals surface area (Å²) in [6, 6.07) is 0. The Morgan fingerprint density at radius 1 is 1.40 bits per heavy atom. The molecule has 4 heteroatoms. The Kier molecular flexibility index (Phi) is 8.93. The van der Waals surface area contributed by atoms with Gasteiger partial charge in [-0.25, -0.2) is 0 Å². The van der Waals surface area contributed by atoms with E-state index in [-0.39, 0.29) is 4.77 Å². The van der Waals surface area contributed by atoms with Gasteiger partial charge in [-0.05, 0) is 0 Å². The summed E-state index contributed by atoms with van der Waals surface area (Å²) < 4.78 is -0.157. The van der Waals surface area contributed by atoms with Gasteiger partial charge in [-0.1, -0.05) is 48.3 Å². The SMILES string of the molecule is CCCC.OC1SCSS1. The molecule has 0 saturated carbocycles. The summed E-state index contributed by atoms with van der Waals surface area (Å²) in [5.74, 6) is 0. The van der Waals surface area contributed by atoms with E-state index in [1.807, 2.05) is 0 Å². The van der Waals surface area contributed by atoms with Crippen molar-refractivity contribution < 1.29 is 5.11 Å². The summed E-state index contributed by atoms with van der Waals surface area (Å²) in [6.45, 7) is 4.36. The first-order valence-electron chi connectivity index (χ1n) is 3.39. The van der Waals surface area contributed by atoms with E-state index in [0.717, 1.165) is 5.08 Å². The van der Waals surface area contributed by atoms with Crippen LogP contribution in [0, 0.1) is 0 Å². The molecule has 0 aromatic heterocycles. The molecule has 0 amide bonds. The molecule has 1 N–H and O–H groups in total. The summed E-state index contributed by atoms with van der Waals surface area (Å²) in [4.78, 5) is 0. The van der Waals surface area contributed by atoms with Crippen molar-refractivity contribution >= 4 is 33.3 Å². The van der Waals surface area contributed by atoms with Crippen LogP contribution in [0.3, 0.4) is 0 Å². The van der Waals surface area contributed by atoms with Crippen LogP contribution >= 0.6 is 33.3 Å². The highest BCUT2D eigenvalue weighted by atomic mass is 33.1. The number of aliphatic hydroxyl groups is 1. The minimum Gasteiger partial charge on any atom is -0.372 e. The minimum absolute atomic E-state index is 0.157. The predicted molar refractivity (Wildman–Crippen MR) is 54.2 cm³/mol. The fourth-order valence-electron chi connectivity index (χ4n) is 0.200. The van der Waals surface area contributed by atoms with Crippen LogP contribution in [0.1, 0.15) is 26.7 Å². The molecule has 1 rings (SSSR count). The fraction of sp³-hybridized carbons (Fsp3) is 1.00. The van der Waals surface area contributed by atoms with Crippen molar-refractivity contribution in [3.8, 4) is 0 Å². The maximum Gasteiger partial charge on any atom is 0.157 e. The summed E-state index contributed by atoms with van der Waals surface area (Å²) >= 11 is 1.58. The van der Waals surface area contributed by atoms with E-state index in [1.54, 1.807) is 22.6 Å². The lowest BCUT2D eigenvalue weighted by Gasteiger charge is -1.88. The number of aliphatic hydroxyl groups excluding tert-OH is 1. The molecule has 1 unspecified atom stereocenters. The van der Waals surface area contributed by atoms with E-state index in [9.17, 15) is 0 Å². The molecule has 62 valence electrons. The molecule has 1 atom stereocenters. The molecule has 1 heterocycles. The van der Waals surface area contributed by atoms with Gasteiger partial charge in [-0.3, -0.25) is 0 Å². The second-order valence-electron chi connectivity index (χ2n) is 1.81. The van der Waals surface area contributed by atoms with Gasteiger partial charge in [0.25, 0.3) is 0 Å². The third-order valence-corrected chi connectivity index (χ3v) is 5.31. The van der Waals surface area contributed by atoms with Crippen molar-refractivity contribution in [2.75, 3.05) is 5.08 Å². The van der Waals surface area contributed by atoms with Gasteiger partial charge in [0, 0.05) is 0 Å². The molecule has 0 spiro atoms. The van der Waals surface area contributed by atoms with E-state index in [4.69, 9.17) is 5.11 Å². The van der Waals surface area contributed by atoms with Gasteiger partial charge < -0.3 is 5.11 Å². The van der Waals surface area contributed by atoms with Gasteiger partial charge in [-0.2, -0.15) is 0 Å². The van der Waals surface area contributed by atoms with Crippen molar-refractivity contribution in [1.82, 2.24) is 0 Å². The molecule has 1 saturated heterocycles. The fourth-order valence-corrected chi connectivity index (χ4v) is 4.30. The van der Waals surface area contributed by atoms with Crippen LogP contribution in [-0.4, -0.2) is 15.0 Å². The normalized spacial score (nSPS) is 23.7. The standard InChI is InChI=1S/C4H10.C2H4OS3/c1-3-4-2;3-2-4-1-5-6-2/h3-4H2,1-2H3;2-3H,1H2. The van der Waals surface area contributed by atoms with Gasteiger partial charge in [0.2, 0.25) is 0 Å². The summed E-state index contributed by atoms with van der Waals surface area (Å²) in [6.07, 6.45) is 2.64. The van der Waals surface area contributed by atoms with E-state index >= 15 is 0 Å². The Hall–Kier alpha value is 1.01. The van der Waals surface area contributed by atoms with Crippen LogP contribution in [0.5, 0.6) is 0 Å². The van der Waals surface area contributed by atoms with Crippen LogP contribution in [0.2, 0.25) is 0 Å². The lowest BCUT2D eigenvalue weighted by molar-refractivity contribution is 0.347. The van der Waals surface area contributed by atoms with Gasteiger partial charge in [-0.15, -0.1) is 11.8 Å². The maximum absolute atomic E-state index is 8.63. The first-order chi connectivity index (χ1) is 4.81. The largest absolute Gasteiger partial charge is 0.372 e. The van der Waals surface area contributed by atoms with E-state index in [2.05, 4.69) is 13.8 Å². The lowest BCUT2D eigenvalue weighted by Crippen LogP contribution is -1.81. The molecular weight excluding hydrogens is 184 g/mol. The molecule has 0 aliphatic carbocycles. The van der Waals surface area contributed by atoms with Crippen LogP contribution in [0.4, 0.5) is 0 Å². The topological polar surface area (TPSA) is 20.2 Å². The second-order valence-corrected chi connectivity index (χ2v) is 5.99. The third-order valence-electron chi connectivity index (χ3n) is 0.909. The maximum atomic E-state index is 8.63. The zero-order valence-electron chi connectivity index (χ0n) is 6.37. The van der Waals surface area contributed by atoms with Crippen molar-refractivity contribution in [1.29, 1.82) is 0 Å². The molecule has 0 radical (unpaired) electrons. The first kappa shape index (κ1) is 11.0. The molecule has 10 heavy (non-hydrogen) atoms. The van der Waals surface area contributed by atoms with Crippen LogP contribution in [-0.2, 0) is 0 Å². The monoisotopic (exact) mass is 198 g/mol. The average molecular weight is 198 g/mol. The zero-order valence-corrected chi connectivity index (χ0v) is 8.82. The number of unbranched alkanes of at least 4 members (excludes halogenated alkanes) is 1. The third kappa shape index (κ3) is 7.12. The first-order valence-corrected chi connectivity index (χ1v) is 6.82. The van der Waals surface area contributed by atoms with E-state index in [1.165, 1.54) is 23.6 Å². The minimum atomic E-state index is -0.157. The lowest BCUT2D eigenvalue weighted by atomic mass is 10.4. The Bertz CT molecular complexity index is 62.0. The van der Waals surface area contributed by atoms with Crippen LogP contribution in [0.25, 0.3) is 0 Å². The molecular formula is C6H14OS3. The molecule has 0 bridgehead atoms. The quantitative estimate of drug-likeness (QED) is 0.653. The smallest absolute Gasteiger partial charge is 0.157 e. The Balaban J connectivity index is 0.000000180. The van der Waals surface area contributed by atoms with Crippen molar-refractivity contribution in [3.05, 3.63) is 0 Å². The number of hydrogen-bond acceptors (Lipinski definition) is 4. The molecule has 1 aliphatic rings. The molecule has 1 fully saturated rings. The summed E-state index contributed by atoms with van der Waals surface area (Å²) in [5, 5.41) is 9.67. The number of rotatable bonds is 1. The van der Waals surface area contributed by atoms with Crippen LogP contribution in [0.15, 0.2) is 0 Å². The van der Waals surface area contributed by atoms with E-state index < -0.39 is 0 Å². The van der Waals surface area contributed by atoms with E-state index in [0.29, 0.717) is 0 Å². The van der Waals surface area contributed by atoms with Crippen molar-refractivity contribution in [3.63, 3.8) is 0 Å². The van der Waals surface area contributed by atoms with Crippen molar-refractivity contribution in [2.45, 2.75) is 31.5 Å². The molecule has 0 aromatic carbocycles. The zero-order chi connectivity index (χ0) is 7.82. The Morgan fingerprint density at radius 3 is 2.10 bits per heavy atom. The van der Waals surface area contributed by atoms with Gasteiger partial charge in [0.15, 0.2) is 4.77 Å². The molecule has 1 nitrogen and oxygen atoms in total. The van der Waals surface area contributed by atoms with Crippen LogP contribution < -0.4 is 0 Å². The average Bonchev–Trinajstić information content (AvgIpc) is 2.40. The second kappa shape index (κ2) is 8.11. The predicted octanol–water partition coefficient (Wildman–Crippen LogP) is 3.15. The number of hydrogen-bond donors (Lipinski definition) is 1. The highest BCUT2D eigenvalue weighted by molar-refractivity contribution is 8.82. The highest BCUT2D eigenvalue weighted by Crippen LogP contribution is 2.42. The molecule has 1 aliphatic heterocycles. The Labute approximate surface area is 75.1 Å². The molecule has 0 aromatic rings. The summed E-state index contributed by atoms with van der Waals surface area (Å²) in [7, 11) is 3.24. The number of thioether (sulfide) groups is 1.